The minimum Gasteiger partial charge on any atom is -0.492 e. The largest absolute Gasteiger partial charge is 0.492 e. The van der Waals surface area contributed by atoms with Crippen LogP contribution in [0.15, 0.2) is 73.1 Å². The number of methoxy groups -OCH3 is 1. The van der Waals surface area contributed by atoms with Crippen molar-refractivity contribution in [2.24, 2.45) is 0 Å². The Morgan fingerprint density at radius 1 is 1.00 bits per heavy atom. The van der Waals surface area contributed by atoms with Crippen LogP contribution in [0, 0.1) is 6.92 Å². The second kappa shape index (κ2) is 13.3. The van der Waals surface area contributed by atoms with Crippen molar-refractivity contribution in [2.75, 3.05) is 23.4 Å². The quantitative estimate of drug-likeness (QED) is 0.176. The number of carbonyl (C=O) groups is 2. The summed E-state index contributed by atoms with van der Waals surface area (Å²) in [5, 5.41) is 12.6. The van der Waals surface area contributed by atoms with Crippen molar-refractivity contribution >= 4 is 39.2 Å². The van der Waals surface area contributed by atoms with E-state index in [1.165, 1.54) is 6.20 Å². The summed E-state index contributed by atoms with van der Waals surface area (Å²) in [5.74, 6) is 0.0678. The van der Waals surface area contributed by atoms with Gasteiger partial charge in [0.1, 0.15) is 0 Å². The van der Waals surface area contributed by atoms with Crippen LogP contribution in [0.5, 0.6) is 5.75 Å². The van der Waals surface area contributed by atoms with Crippen LogP contribution >= 0.6 is 10.7 Å². The Balaban J connectivity index is 1.60. The van der Waals surface area contributed by atoms with E-state index in [1.54, 1.807) is 30.1 Å². The predicted molar refractivity (Wildman–Crippen MR) is 179 cm³/mol. The van der Waals surface area contributed by atoms with E-state index in [9.17, 15) is 9.59 Å². The lowest BCUT2D eigenvalue weighted by molar-refractivity contribution is 0.0939. The van der Waals surface area contributed by atoms with Gasteiger partial charge in [0, 0.05) is 11.8 Å². The normalized spacial score (nSPS) is 12.8. The van der Waals surface area contributed by atoms with Gasteiger partial charge in [0.2, 0.25) is 0 Å². The van der Waals surface area contributed by atoms with Gasteiger partial charge in [-0.25, -0.2) is 4.68 Å². The summed E-state index contributed by atoms with van der Waals surface area (Å²) in [4.78, 5) is 26.6. The summed E-state index contributed by atoms with van der Waals surface area (Å²) in [6, 6.07) is 19.1. The lowest BCUT2D eigenvalue weighted by Crippen LogP contribution is -2.26. The minimum atomic E-state index is -0.282. The van der Waals surface area contributed by atoms with E-state index in [1.807, 2.05) is 63.2 Å². The van der Waals surface area contributed by atoms with Gasteiger partial charge in [0.15, 0.2) is 5.75 Å². The summed E-state index contributed by atoms with van der Waals surface area (Å²) >= 11 is 0. The molecule has 0 radical (unpaired) electrons. The Morgan fingerprint density at radius 3 is 2.35 bits per heavy atom. The average Bonchev–Trinajstić information content (AvgIpc) is 3.47. The smallest absolute Gasteiger partial charge is 0.255 e. The third-order valence-electron chi connectivity index (χ3n) is 7.24. The number of aryl methyl sites for hydroxylation is 1. The third kappa shape index (κ3) is 7.53. The van der Waals surface area contributed by atoms with Gasteiger partial charge in [-0.05, 0) is 78.8 Å². The molecule has 0 fully saturated rings. The molecule has 4 aromatic rings. The van der Waals surface area contributed by atoms with E-state index < -0.39 is 0 Å². The molecule has 1 aromatic heterocycles. The fourth-order valence-electron chi connectivity index (χ4n) is 4.55. The summed E-state index contributed by atoms with van der Waals surface area (Å²) in [7, 11) is 1.42. The number of nitrogens with one attached hydrogen (secondary N) is 3. The van der Waals surface area contributed by atoms with E-state index in [0.717, 1.165) is 22.4 Å². The Bertz CT molecular complexity index is 1650. The monoisotopic (exact) mass is 599 g/mol. The molecule has 2 amide bonds. The van der Waals surface area contributed by atoms with Crippen LogP contribution in [-0.2, 0) is 5.41 Å². The SMILES string of the molecule is C/C=S(\C)Nc1cc(C(C)(C)C)cc(NC(=O)c2ccc(C)c(-n3cc(C(=O)N[C@H](C)c4ccccc4)cn3)c2)c1OC. The van der Waals surface area contributed by atoms with Crippen molar-refractivity contribution in [3.63, 3.8) is 0 Å². The van der Waals surface area contributed by atoms with E-state index in [-0.39, 0.29) is 33.9 Å². The molecule has 0 saturated heterocycles. The zero-order chi connectivity index (χ0) is 31.3. The van der Waals surface area contributed by atoms with Crippen LogP contribution in [0.4, 0.5) is 11.4 Å². The van der Waals surface area contributed by atoms with Crippen molar-refractivity contribution in [1.82, 2.24) is 15.1 Å². The highest BCUT2D eigenvalue weighted by molar-refractivity contribution is 8.15. The van der Waals surface area contributed by atoms with E-state index >= 15 is 0 Å². The first-order chi connectivity index (χ1) is 20.4. The molecular formula is C34H41N5O3S. The van der Waals surface area contributed by atoms with Gasteiger partial charge in [0.25, 0.3) is 11.8 Å². The van der Waals surface area contributed by atoms with Gasteiger partial charge < -0.3 is 20.1 Å². The second-order valence-electron chi connectivity index (χ2n) is 11.5. The van der Waals surface area contributed by atoms with E-state index in [2.05, 4.69) is 58.9 Å². The molecular weight excluding hydrogens is 558 g/mol. The van der Waals surface area contributed by atoms with Gasteiger partial charge in [-0.15, -0.1) is 10.7 Å². The van der Waals surface area contributed by atoms with Crippen molar-refractivity contribution in [1.29, 1.82) is 0 Å². The number of benzene rings is 3. The molecule has 3 aromatic carbocycles. The van der Waals surface area contributed by atoms with Crippen molar-refractivity contribution in [3.8, 4) is 11.4 Å². The predicted octanol–water partition coefficient (Wildman–Crippen LogP) is 7.28. The fraction of sp³-hybridized carbons (Fsp3) is 0.294. The molecule has 1 heterocycles. The molecule has 3 N–H and O–H groups in total. The van der Waals surface area contributed by atoms with Crippen LogP contribution in [0.25, 0.3) is 5.69 Å². The van der Waals surface area contributed by atoms with Gasteiger partial charge in [-0.2, -0.15) is 5.10 Å². The first-order valence-corrected chi connectivity index (χ1v) is 15.9. The summed E-state index contributed by atoms with van der Waals surface area (Å²) < 4.78 is 10.9. The standard InChI is InChI=1S/C34H41N5O3S/c1-9-43(8)38-29-19-27(34(4,5)6)18-28(31(29)42-7)37-32(40)25-16-15-22(2)30(17-25)39-21-26(20-35-39)33(41)36-23(3)24-13-11-10-12-14-24/h9-21,23,38H,1-8H3,(H,36,41)(H,37,40)/t23-,43?/m1/s1. The van der Waals surface area contributed by atoms with Crippen LogP contribution < -0.4 is 20.1 Å². The first kappa shape index (κ1) is 31.6. The number of hydrogen-bond acceptors (Lipinski definition) is 5. The number of ether oxygens (including phenoxy) is 1. The number of amides is 2. The van der Waals surface area contributed by atoms with Crippen LogP contribution in [0.2, 0.25) is 0 Å². The molecule has 0 bridgehead atoms. The van der Waals surface area contributed by atoms with Gasteiger partial charge in [-0.1, -0.05) is 57.2 Å². The highest BCUT2D eigenvalue weighted by atomic mass is 32.2. The number of anilines is 2. The molecule has 43 heavy (non-hydrogen) atoms. The van der Waals surface area contributed by atoms with E-state index in [4.69, 9.17) is 4.74 Å². The van der Waals surface area contributed by atoms with Crippen LogP contribution in [-0.4, -0.2) is 40.3 Å². The highest BCUT2D eigenvalue weighted by Crippen LogP contribution is 2.40. The Hall–Kier alpha value is -4.37. The number of hydrogen-bond donors (Lipinski definition) is 3. The average molecular weight is 600 g/mol. The third-order valence-corrected chi connectivity index (χ3v) is 8.49. The number of rotatable bonds is 9. The maximum Gasteiger partial charge on any atom is 0.255 e. The van der Waals surface area contributed by atoms with Gasteiger partial charge in [-0.3, -0.25) is 9.59 Å². The molecule has 0 aliphatic rings. The number of carbonyl (C=O) groups excluding carboxylic acids is 2. The molecule has 2 atom stereocenters. The molecule has 226 valence electrons. The Kier molecular flexibility index (Phi) is 9.76. The maximum absolute atomic E-state index is 13.6. The minimum absolute atomic E-state index is 0.148. The van der Waals surface area contributed by atoms with Gasteiger partial charge in [0.05, 0.1) is 42.0 Å². The van der Waals surface area contributed by atoms with Gasteiger partial charge >= 0.3 is 0 Å². The molecule has 4 rings (SSSR count). The summed E-state index contributed by atoms with van der Waals surface area (Å²) in [6.45, 7) is 12.3. The molecule has 0 aliphatic heterocycles. The first-order valence-electron chi connectivity index (χ1n) is 14.2. The molecule has 0 aliphatic carbocycles. The topological polar surface area (TPSA) is 97.3 Å². The highest BCUT2D eigenvalue weighted by Gasteiger charge is 2.22. The zero-order valence-corrected chi connectivity index (χ0v) is 26.9. The number of aromatic nitrogens is 2. The molecule has 1 unspecified atom stereocenters. The van der Waals surface area contributed by atoms with Crippen molar-refractivity contribution in [2.45, 2.75) is 53.0 Å². The summed E-state index contributed by atoms with van der Waals surface area (Å²) in [5.41, 5.74) is 5.84. The van der Waals surface area contributed by atoms with Crippen LogP contribution in [0.3, 0.4) is 0 Å². The van der Waals surface area contributed by atoms with E-state index in [0.29, 0.717) is 28.3 Å². The lowest BCUT2D eigenvalue weighted by Gasteiger charge is -2.24. The summed E-state index contributed by atoms with van der Waals surface area (Å²) in [6.07, 6.45) is 5.30. The Morgan fingerprint density at radius 2 is 1.70 bits per heavy atom. The molecule has 9 heteroatoms. The fourth-order valence-corrected chi connectivity index (χ4v) is 5.17. The molecule has 0 spiro atoms. The Labute approximate surface area is 256 Å². The van der Waals surface area contributed by atoms with Crippen molar-refractivity contribution in [3.05, 3.63) is 101 Å². The lowest BCUT2D eigenvalue weighted by atomic mass is 9.86. The number of nitrogens with zero attached hydrogens (tertiary/aromatic N) is 2. The zero-order valence-electron chi connectivity index (χ0n) is 26.1. The van der Waals surface area contributed by atoms with Crippen LogP contribution in [0.1, 0.15) is 78.1 Å². The molecule has 8 nitrogen and oxygen atoms in total. The second-order valence-corrected chi connectivity index (χ2v) is 13.3. The van der Waals surface area contributed by atoms with Crippen molar-refractivity contribution < 1.29 is 14.3 Å². The molecule has 0 saturated carbocycles. The maximum atomic E-state index is 13.6.